The summed E-state index contributed by atoms with van der Waals surface area (Å²) >= 11 is 0. The van der Waals surface area contributed by atoms with Crippen LogP contribution in [0.2, 0.25) is 0 Å². The molecule has 92 valence electrons. The van der Waals surface area contributed by atoms with Crippen molar-refractivity contribution in [3.63, 3.8) is 0 Å². The molecule has 2 rings (SSSR count). The van der Waals surface area contributed by atoms with Crippen molar-refractivity contribution in [1.82, 2.24) is 19.5 Å². The van der Waals surface area contributed by atoms with Gasteiger partial charge >= 0.3 is 0 Å². The predicted molar refractivity (Wildman–Crippen MR) is 63.5 cm³/mol. The Labute approximate surface area is 99.7 Å². The van der Waals surface area contributed by atoms with E-state index in [1.54, 1.807) is 12.7 Å². The summed E-state index contributed by atoms with van der Waals surface area (Å²) in [5, 5.41) is 16.6. The predicted octanol–water partition coefficient (Wildman–Crippen LogP) is -0.130. The molecule has 0 aliphatic carbocycles. The minimum atomic E-state index is -0.218. The summed E-state index contributed by atoms with van der Waals surface area (Å²) in [6, 6.07) is 1.86. The molecule has 0 bridgehead atoms. The zero-order valence-electron chi connectivity index (χ0n) is 10.0. The second-order valence-electron chi connectivity index (χ2n) is 4.20. The molecule has 0 spiro atoms. The first-order chi connectivity index (χ1) is 8.13. The molecule has 1 atom stereocenters. The molecule has 6 nitrogen and oxygen atoms in total. The average molecular weight is 235 g/mol. The van der Waals surface area contributed by atoms with E-state index in [2.05, 4.69) is 16.3 Å². The zero-order valence-corrected chi connectivity index (χ0v) is 10.0. The molecule has 2 heterocycles. The average Bonchev–Trinajstić information content (AvgIpc) is 2.88. The lowest BCUT2D eigenvalue weighted by atomic mass is 10.1. The normalized spacial score (nSPS) is 12.9. The van der Waals surface area contributed by atoms with E-state index in [9.17, 15) is 0 Å². The monoisotopic (exact) mass is 235 g/mol. The molecule has 6 heteroatoms. The molecule has 0 saturated heterocycles. The maximum atomic E-state index is 8.99. The smallest absolute Gasteiger partial charge is 0.139 e. The Bertz CT molecular complexity index is 488. The third-order valence-corrected chi connectivity index (χ3v) is 2.85. The molecule has 0 radical (unpaired) electrons. The van der Waals surface area contributed by atoms with Crippen LogP contribution in [-0.4, -0.2) is 37.3 Å². The van der Waals surface area contributed by atoms with Gasteiger partial charge in [0.15, 0.2) is 0 Å². The van der Waals surface area contributed by atoms with Crippen LogP contribution in [0.3, 0.4) is 0 Å². The number of aliphatic hydroxyl groups excluding tert-OH is 1. The van der Waals surface area contributed by atoms with E-state index in [1.807, 2.05) is 23.2 Å². The number of rotatable bonds is 4. The molecule has 0 aliphatic rings. The Morgan fingerprint density at radius 2 is 2.00 bits per heavy atom. The fourth-order valence-corrected chi connectivity index (χ4v) is 2.03. The van der Waals surface area contributed by atoms with Crippen molar-refractivity contribution in [3.8, 4) is 0 Å². The summed E-state index contributed by atoms with van der Waals surface area (Å²) in [6.45, 7) is 4.03. The molecule has 17 heavy (non-hydrogen) atoms. The second kappa shape index (κ2) is 4.68. The van der Waals surface area contributed by atoms with Crippen LogP contribution in [0.4, 0.5) is 0 Å². The van der Waals surface area contributed by atoms with Crippen LogP contribution in [0.15, 0.2) is 18.7 Å². The number of aliphatic hydroxyl groups is 1. The second-order valence-corrected chi connectivity index (χ2v) is 4.20. The van der Waals surface area contributed by atoms with Gasteiger partial charge in [0.25, 0.3) is 0 Å². The van der Waals surface area contributed by atoms with Crippen molar-refractivity contribution in [1.29, 1.82) is 0 Å². The van der Waals surface area contributed by atoms with E-state index in [-0.39, 0.29) is 12.6 Å². The van der Waals surface area contributed by atoms with Crippen molar-refractivity contribution >= 4 is 0 Å². The van der Waals surface area contributed by atoms with Crippen LogP contribution in [-0.2, 0) is 6.42 Å². The van der Waals surface area contributed by atoms with Crippen molar-refractivity contribution in [2.24, 2.45) is 5.73 Å². The van der Waals surface area contributed by atoms with Gasteiger partial charge in [-0.2, -0.15) is 0 Å². The summed E-state index contributed by atoms with van der Waals surface area (Å²) in [4.78, 5) is 0. The summed E-state index contributed by atoms with van der Waals surface area (Å²) in [7, 11) is 0. The molecule has 0 aliphatic heterocycles. The minimum Gasteiger partial charge on any atom is -0.395 e. The maximum Gasteiger partial charge on any atom is 0.139 e. The van der Waals surface area contributed by atoms with E-state index in [0.717, 1.165) is 17.0 Å². The molecule has 0 amide bonds. The van der Waals surface area contributed by atoms with Crippen LogP contribution in [0.1, 0.15) is 17.0 Å². The summed E-state index contributed by atoms with van der Waals surface area (Å²) in [5.74, 6) is 0. The van der Waals surface area contributed by atoms with Gasteiger partial charge in [0.2, 0.25) is 0 Å². The number of nitrogens with two attached hydrogens (primary N) is 1. The lowest BCUT2D eigenvalue weighted by Gasteiger charge is -2.10. The quantitative estimate of drug-likeness (QED) is 0.773. The van der Waals surface area contributed by atoms with Gasteiger partial charge in [-0.3, -0.25) is 4.68 Å². The molecule has 0 saturated carbocycles. The Balaban J connectivity index is 2.36. The van der Waals surface area contributed by atoms with Gasteiger partial charge < -0.3 is 10.8 Å². The summed E-state index contributed by atoms with van der Waals surface area (Å²) in [5.41, 5.74) is 9.07. The van der Waals surface area contributed by atoms with Gasteiger partial charge in [0.1, 0.15) is 12.7 Å². The van der Waals surface area contributed by atoms with E-state index in [1.165, 1.54) is 0 Å². The van der Waals surface area contributed by atoms with Crippen molar-refractivity contribution < 1.29 is 5.11 Å². The SMILES string of the molecule is Cc1cc(CC(N)CO)c(C)n1-n1cnnc1. The number of hydrogen-bond acceptors (Lipinski definition) is 4. The van der Waals surface area contributed by atoms with E-state index >= 15 is 0 Å². The lowest BCUT2D eigenvalue weighted by molar-refractivity contribution is 0.265. The fraction of sp³-hybridized carbons (Fsp3) is 0.455. The van der Waals surface area contributed by atoms with Gasteiger partial charge in [-0.1, -0.05) is 0 Å². The zero-order chi connectivity index (χ0) is 12.4. The highest BCUT2D eigenvalue weighted by molar-refractivity contribution is 5.27. The maximum absolute atomic E-state index is 8.99. The third kappa shape index (κ3) is 2.22. The topological polar surface area (TPSA) is 81.9 Å². The lowest BCUT2D eigenvalue weighted by Crippen LogP contribution is -2.27. The van der Waals surface area contributed by atoms with Crippen molar-refractivity contribution in [2.75, 3.05) is 6.61 Å². The van der Waals surface area contributed by atoms with Crippen LogP contribution in [0, 0.1) is 13.8 Å². The van der Waals surface area contributed by atoms with Crippen LogP contribution >= 0.6 is 0 Å². The molecule has 0 aromatic carbocycles. The van der Waals surface area contributed by atoms with Crippen molar-refractivity contribution in [3.05, 3.63) is 35.7 Å². The first-order valence-electron chi connectivity index (χ1n) is 5.53. The van der Waals surface area contributed by atoms with Crippen LogP contribution in [0.25, 0.3) is 0 Å². The molecule has 2 aromatic rings. The number of aryl methyl sites for hydroxylation is 1. The van der Waals surface area contributed by atoms with E-state index in [0.29, 0.717) is 6.42 Å². The molecule has 2 aromatic heterocycles. The molecule has 1 unspecified atom stereocenters. The first-order valence-corrected chi connectivity index (χ1v) is 5.53. The number of aromatic nitrogens is 4. The summed E-state index contributed by atoms with van der Waals surface area (Å²) < 4.78 is 3.83. The highest BCUT2D eigenvalue weighted by Gasteiger charge is 2.12. The highest BCUT2D eigenvalue weighted by Crippen LogP contribution is 2.16. The largest absolute Gasteiger partial charge is 0.395 e. The van der Waals surface area contributed by atoms with Crippen molar-refractivity contribution in [2.45, 2.75) is 26.3 Å². The Morgan fingerprint density at radius 1 is 1.35 bits per heavy atom. The van der Waals surface area contributed by atoms with Gasteiger partial charge in [-0.05, 0) is 31.9 Å². The molecular formula is C11H17N5O. The number of nitrogens with zero attached hydrogens (tertiary/aromatic N) is 4. The first kappa shape index (κ1) is 11.8. The van der Waals surface area contributed by atoms with E-state index < -0.39 is 0 Å². The Hall–Kier alpha value is -1.66. The van der Waals surface area contributed by atoms with Crippen LogP contribution < -0.4 is 5.73 Å². The van der Waals surface area contributed by atoms with Crippen LogP contribution in [0.5, 0.6) is 0 Å². The van der Waals surface area contributed by atoms with Gasteiger partial charge in [-0.25, -0.2) is 4.68 Å². The molecule has 3 N–H and O–H groups in total. The summed E-state index contributed by atoms with van der Waals surface area (Å²) in [6.07, 6.45) is 3.96. The van der Waals surface area contributed by atoms with E-state index in [4.69, 9.17) is 10.8 Å². The minimum absolute atomic E-state index is 0.00367. The highest BCUT2D eigenvalue weighted by atomic mass is 16.3. The standard InChI is InChI=1S/C11H17N5O/c1-8-3-10(4-11(12)5-17)9(2)16(8)15-6-13-14-7-15/h3,6-7,11,17H,4-5,12H2,1-2H3. The Morgan fingerprint density at radius 3 is 2.59 bits per heavy atom. The fourth-order valence-electron chi connectivity index (χ4n) is 2.03. The molecular weight excluding hydrogens is 218 g/mol. The third-order valence-electron chi connectivity index (χ3n) is 2.85. The van der Waals surface area contributed by atoms with Gasteiger partial charge in [0, 0.05) is 17.4 Å². The molecule has 0 fully saturated rings. The van der Waals surface area contributed by atoms with Gasteiger partial charge in [-0.15, -0.1) is 10.2 Å². The Kier molecular flexibility index (Phi) is 3.26. The van der Waals surface area contributed by atoms with Gasteiger partial charge in [0.05, 0.1) is 6.61 Å². The number of hydrogen-bond donors (Lipinski definition) is 2.